The van der Waals surface area contributed by atoms with E-state index in [-0.39, 0.29) is 36.5 Å². The Morgan fingerprint density at radius 1 is 0.750 bits per heavy atom. The first-order valence-electron chi connectivity index (χ1n) is 12.7. The van der Waals surface area contributed by atoms with Gasteiger partial charge in [-0.25, -0.2) is 0 Å². The van der Waals surface area contributed by atoms with E-state index in [1.54, 1.807) is 48.5 Å². The number of benzene rings is 2. The third kappa shape index (κ3) is 6.54. The molecule has 1 saturated carbocycles. The van der Waals surface area contributed by atoms with Crippen LogP contribution in [0.4, 0.5) is 10.3 Å². The van der Waals surface area contributed by atoms with Crippen molar-refractivity contribution in [3.05, 3.63) is 80.8 Å². The lowest BCUT2D eigenvalue weighted by Crippen LogP contribution is -2.15. The predicted octanol–water partition coefficient (Wildman–Crippen LogP) is 4.94. The van der Waals surface area contributed by atoms with E-state index in [4.69, 9.17) is 0 Å². The molecule has 4 aromatic rings. The highest BCUT2D eigenvalue weighted by molar-refractivity contribution is 7.15. The molecular formula is C28H24N8O2S2. The first kappa shape index (κ1) is 27.1. The molecule has 1 fully saturated rings. The molecule has 40 heavy (non-hydrogen) atoms. The summed E-state index contributed by atoms with van der Waals surface area (Å²) < 4.78 is 0. The summed E-state index contributed by atoms with van der Waals surface area (Å²) in [5, 5.41) is 43.8. The van der Waals surface area contributed by atoms with Crippen LogP contribution in [-0.2, 0) is 22.4 Å². The summed E-state index contributed by atoms with van der Waals surface area (Å²) in [5.74, 6) is -0.116. The molecule has 2 aromatic carbocycles. The molecule has 10 nitrogen and oxygen atoms in total. The van der Waals surface area contributed by atoms with Crippen molar-refractivity contribution in [2.24, 2.45) is 0 Å². The van der Waals surface area contributed by atoms with E-state index in [9.17, 15) is 20.1 Å². The monoisotopic (exact) mass is 568 g/mol. The number of hydrogen-bond donors (Lipinski definition) is 2. The largest absolute Gasteiger partial charge is 0.300 e. The quantitative estimate of drug-likeness (QED) is 0.303. The zero-order valence-corrected chi connectivity index (χ0v) is 23.0. The van der Waals surface area contributed by atoms with Crippen LogP contribution >= 0.6 is 22.7 Å². The Balaban J connectivity index is 1.17. The van der Waals surface area contributed by atoms with Crippen LogP contribution in [0.2, 0.25) is 0 Å². The molecule has 1 aliphatic rings. The lowest BCUT2D eigenvalue weighted by Gasteiger charge is -2.25. The number of hydrogen-bond acceptors (Lipinski definition) is 10. The molecule has 12 heteroatoms. The third-order valence-corrected chi connectivity index (χ3v) is 8.73. The molecule has 0 aliphatic heterocycles. The average molecular weight is 569 g/mol. The number of nitrogens with zero attached hydrogens (tertiary/aromatic N) is 6. The number of carbonyl (C=O) groups is 2. The molecule has 1 aliphatic carbocycles. The minimum atomic E-state index is -0.244. The van der Waals surface area contributed by atoms with Crippen molar-refractivity contribution in [1.29, 1.82) is 10.5 Å². The first-order valence-corrected chi connectivity index (χ1v) is 14.4. The summed E-state index contributed by atoms with van der Waals surface area (Å²) in [7, 11) is 0. The standard InChI is InChI=1S/C28H24N8O2S2/c29-15-21-8-3-1-6-17(21)13-23(37)31-27-35-33-25(39-27)19-10-5-11-20(12-19)26-34-36-28(40-26)32-24(38)14-18-7-2-4-9-22(18)16-30/h1-4,6-9,19-20H,5,10-14H2,(H,31,35,37)(H,32,36,38)/t19-,20-/m0/s1. The summed E-state index contributed by atoms with van der Waals surface area (Å²) in [6.45, 7) is 0. The Hall–Kier alpha value is -4.52. The van der Waals surface area contributed by atoms with Crippen molar-refractivity contribution in [2.45, 2.75) is 50.4 Å². The second-order valence-corrected chi connectivity index (χ2v) is 11.5. The van der Waals surface area contributed by atoms with Crippen molar-refractivity contribution in [2.75, 3.05) is 10.6 Å². The minimum Gasteiger partial charge on any atom is -0.300 e. The van der Waals surface area contributed by atoms with E-state index in [0.29, 0.717) is 32.5 Å². The molecule has 2 heterocycles. The number of nitriles is 2. The second kappa shape index (κ2) is 12.6. The topological polar surface area (TPSA) is 157 Å². The van der Waals surface area contributed by atoms with Crippen molar-refractivity contribution >= 4 is 44.8 Å². The Kier molecular flexibility index (Phi) is 8.50. The van der Waals surface area contributed by atoms with Gasteiger partial charge in [-0.05, 0) is 42.5 Å². The highest BCUT2D eigenvalue weighted by Crippen LogP contribution is 2.43. The van der Waals surface area contributed by atoms with Crippen LogP contribution < -0.4 is 10.6 Å². The summed E-state index contributed by atoms with van der Waals surface area (Å²) in [6, 6.07) is 18.3. The summed E-state index contributed by atoms with van der Waals surface area (Å²) in [4.78, 5) is 25.1. The van der Waals surface area contributed by atoms with Gasteiger partial charge in [0.1, 0.15) is 10.0 Å². The van der Waals surface area contributed by atoms with Gasteiger partial charge in [0.2, 0.25) is 22.1 Å². The molecule has 2 N–H and O–H groups in total. The highest BCUT2D eigenvalue weighted by atomic mass is 32.1. The maximum atomic E-state index is 12.5. The Bertz CT molecular complexity index is 1500. The highest BCUT2D eigenvalue weighted by Gasteiger charge is 2.29. The van der Waals surface area contributed by atoms with E-state index in [0.717, 1.165) is 35.7 Å². The van der Waals surface area contributed by atoms with E-state index in [1.807, 2.05) is 0 Å². The molecule has 0 saturated heterocycles. The lowest BCUT2D eigenvalue weighted by molar-refractivity contribution is -0.116. The molecule has 0 spiro atoms. The first-order chi connectivity index (χ1) is 19.5. The maximum Gasteiger partial charge on any atom is 0.230 e. The van der Waals surface area contributed by atoms with Crippen LogP contribution in [0.15, 0.2) is 48.5 Å². The van der Waals surface area contributed by atoms with E-state index in [1.165, 1.54) is 22.7 Å². The summed E-state index contributed by atoms with van der Waals surface area (Å²) in [6.07, 6.45) is 3.93. The molecule has 2 atom stereocenters. The van der Waals surface area contributed by atoms with Crippen molar-refractivity contribution in [3.8, 4) is 12.1 Å². The number of carbonyl (C=O) groups excluding carboxylic acids is 2. The van der Waals surface area contributed by atoms with Crippen molar-refractivity contribution in [1.82, 2.24) is 20.4 Å². The van der Waals surface area contributed by atoms with Gasteiger partial charge >= 0.3 is 0 Å². The number of aromatic nitrogens is 4. The number of anilines is 2. The molecule has 2 aromatic heterocycles. The van der Waals surface area contributed by atoms with Gasteiger partial charge in [0.15, 0.2) is 0 Å². The fourth-order valence-electron chi connectivity index (χ4n) is 4.78. The second-order valence-electron chi connectivity index (χ2n) is 9.44. The molecule has 5 rings (SSSR count). The van der Waals surface area contributed by atoms with Crippen LogP contribution in [-0.4, -0.2) is 32.2 Å². The molecule has 200 valence electrons. The molecule has 0 unspecified atom stereocenters. The van der Waals surface area contributed by atoms with Crippen molar-refractivity contribution < 1.29 is 9.59 Å². The molecule has 0 bridgehead atoms. The Morgan fingerprint density at radius 3 is 1.65 bits per heavy atom. The zero-order chi connectivity index (χ0) is 27.9. The SMILES string of the molecule is N#Cc1ccccc1CC(=O)Nc1nnc([C@H]2CCC[C@H](c3nnc(NC(=O)Cc4ccccc4C#N)s3)C2)s1. The predicted molar refractivity (Wildman–Crippen MR) is 151 cm³/mol. The van der Waals surface area contributed by atoms with E-state index >= 15 is 0 Å². The van der Waals surface area contributed by atoms with E-state index in [2.05, 4.69) is 43.2 Å². The van der Waals surface area contributed by atoms with Gasteiger partial charge in [-0.15, -0.1) is 20.4 Å². The van der Waals surface area contributed by atoms with Crippen LogP contribution in [0.5, 0.6) is 0 Å². The van der Waals surface area contributed by atoms with Crippen LogP contribution in [0.25, 0.3) is 0 Å². The number of amides is 2. The molecular weight excluding hydrogens is 544 g/mol. The number of rotatable bonds is 8. The number of nitrogens with one attached hydrogen (secondary N) is 2. The van der Waals surface area contributed by atoms with Crippen LogP contribution in [0.3, 0.4) is 0 Å². The van der Waals surface area contributed by atoms with Gasteiger partial charge in [-0.2, -0.15) is 10.5 Å². The smallest absolute Gasteiger partial charge is 0.230 e. The maximum absolute atomic E-state index is 12.5. The van der Waals surface area contributed by atoms with Gasteiger partial charge in [0.25, 0.3) is 0 Å². The fraction of sp³-hybridized carbons (Fsp3) is 0.286. The van der Waals surface area contributed by atoms with Crippen molar-refractivity contribution in [3.63, 3.8) is 0 Å². The van der Waals surface area contributed by atoms with Gasteiger partial charge in [0, 0.05) is 11.8 Å². The third-order valence-electron chi connectivity index (χ3n) is 6.72. The van der Waals surface area contributed by atoms with Gasteiger partial charge < -0.3 is 10.6 Å². The van der Waals surface area contributed by atoms with Gasteiger partial charge in [-0.3, -0.25) is 9.59 Å². The Morgan fingerprint density at radius 2 is 1.20 bits per heavy atom. The molecule has 0 radical (unpaired) electrons. The normalized spacial score (nSPS) is 16.4. The average Bonchev–Trinajstić information content (AvgIpc) is 3.63. The summed E-state index contributed by atoms with van der Waals surface area (Å²) in [5.41, 5.74) is 2.30. The van der Waals surface area contributed by atoms with E-state index < -0.39 is 0 Å². The molecule has 2 amide bonds. The van der Waals surface area contributed by atoms with Gasteiger partial charge in [-0.1, -0.05) is 65.5 Å². The van der Waals surface area contributed by atoms with Crippen LogP contribution in [0, 0.1) is 22.7 Å². The zero-order valence-electron chi connectivity index (χ0n) is 21.3. The Labute approximate surface area is 238 Å². The summed E-state index contributed by atoms with van der Waals surface area (Å²) >= 11 is 2.74. The van der Waals surface area contributed by atoms with Gasteiger partial charge in [0.05, 0.1) is 36.1 Å². The van der Waals surface area contributed by atoms with Crippen LogP contribution in [0.1, 0.15) is 69.8 Å². The lowest BCUT2D eigenvalue weighted by atomic mass is 9.82. The minimum absolute atomic E-state index is 0.0882. The fourth-order valence-corrected chi connectivity index (χ4v) is 6.59.